The Balaban J connectivity index is 1.95. The number of hydrogen-bond acceptors (Lipinski definition) is 4. The number of aromatic nitrogens is 2. The molecule has 5 heteroatoms. The molecule has 1 aromatic heterocycles. The van der Waals surface area contributed by atoms with Gasteiger partial charge in [0.25, 0.3) is 0 Å². The number of rotatable bonds is 7. The predicted octanol–water partition coefficient (Wildman–Crippen LogP) is 3.12. The molecule has 0 radical (unpaired) electrons. The number of nitrogens with zero attached hydrogens (tertiary/aromatic N) is 2. The summed E-state index contributed by atoms with van der Waals surface area (Å²) < 4.78 is 7.07. The molecule has 0 spiro atoms. The van der Waals surface area contributed by atoms with Crippen molar-refractivity contribution in [2.24, 2.45) is 5.92 Å². The third-order valence-corrected chi connectivity index (χ3v) is 3.85. The van der Waals surface area contributed by atoms with Crippen LogP contribution in [0.3, 0.4) is 0 Å². The van der Waals surface area contributed by atoms with Gasteiger partial charge >= 0.3 is 5.97 Å². The Hall–Kier alpha value is -2.43. The zero-order valence-electron chi connectivity index (χ0n) is 14.7. The summed E-state index contributed by atoms with van der Waals surface area (Å²) in [4.78, 5) is 24.0. The molecule has 24 heavy (non-hydrogen) atoms. The van der Waals surface area contributed by atoms with Crippen molar-refractivity contribution in [3.05, 3.63) is 52.8 Å². The van der Waals surface area contributed by atoms with Gasteiger partial charge in [0, 0.05) is 23.4 Å². The molecule has 2 aromatic rings. The molecule has 0 N–H and O–H groups in total. The lowest BCUT2D eigenvalue weighted by Crippen LogP contribution is -2.16. The van der Waals surface area contributed by atoms with Gasteiger partial charge in [-0.05, 0) is 19.8 Å². The second-order valence-electron chi connectivity index (χ2n) is 6.35. The molecule has 0 aliphatic carbocycles. The topological polar surface area (TPSA) is 61.2 Å². The average molecular weight is 328 g/mol. The summed E-state index contributed by atoms with van der Waals surface area (Å²) in [5.74, 6) is -0.131. The Kier molecular flexibility index (Phi) is 5.90. The largest absolute Gasteiger partial charge is 0.457 e. The summed E-state index contributed by atoms with van der Waals surface area (Å²) in [6, 6.07) is 8.82. The van der Waals surface area contributed by atoms with E-state index in [1.807, 2.05) is 24.6 Å². The first-order chi connectivity index (χ1) is 11.4. The Bertz CT molecular complexity index is 718. The van der Waals surface area contributed by atoms with Gasteiger partial charge in [0.05, 0.1) is 12.1 Å². The molecular formula is C19H24N2O3. The summed E-state index contributed by atoms with van der Waals surface area (Å²) in [5, 5.41) is 4.49. The SMILES string of the molecule is Cc1nn(CC(C)C)c(C)c1CC(=O)OCC(=O)c1ccccc1. The molecule has 0 saturated heterocycles. The molecule has 0 bridgehead atoms. The number of hydrogen-bond donors (Lipinski definition) is 0. The Morgan fingerprint density at radius 2 is 1.83 bits per heavy atom. The van der Waals surface area contributed by atoms with Gasteiger partial charge in [0.1, 0.15) is 0 Å². The van der Waals surface area contributed by atoms with E-state index in [1.165, 1.54) is 0 Å². The van der Waals surface area contributed by atoms with E-state index < -0.39 is 5.97 Å². The number of ether oxygens (including phenoxy) is 1. The van der Waals surface area contributed by atoms with E-state index in [9.17, 15) is 9.59 Å². The van der Waals surface area contributed by atoms with Crippen molar-refractivity contribution < 1.29 is 14.3 Å². The highest BCUT2D eigenvalue weighted by molar-refractivity contribution is 5.97. The lowest BCUT2D eigenvalue weighted by atomic mass is 10.1. The number of esters is 1. The van der Waals surface area contributed by atoms with Crippen LogP contribution in [0.2, 0.25) is 0 Å². The Morgan fingerprint density at radius 3 is 2.46 bits per heavy atom. The van der Waals surface area contributed by atoms with Crippen molar-refractivity contribution in [2.75, 3.05) is 6.61 Å². The van der Waals surface area contributed by atoms with E-state index in [0.717, 1.165) is 23.5 Å². The van der Waals surface area contributed by atoms with Crippen LogP contribution in [0.1, 0.15) is 41.2 Å². The molecule has 0 amide bonds. The van der Waals surface area contributed by atoms with Gasteiger partial charge < -0.3 is 4.74 Å². The van der Waals surface area contributed by atoms with Crippen LogP contribution in [0.5, 0.6) is 0 Å². The summed E-state index contributed by atoms with van der Waals surface area (Å²) in [5.41, 5.74) is 3.24. The fourth-order valence-electron chi connectivity index (χ4n) is 2.56. The third-order valence-electron chi connectivity index (χ3n) is 3.85. The van der Waals surface area contributed by atoms with E-state index in [0.29, 0.717) is 11.5 Å². The molecule has 1 aromatic carbocycles. The number of ketones is 1. The zero-order chi connectivity index (χ0) is 17.7. The molecule has 0 saturated carbocycles. The summed E-state index contributed by atoms with van der Waals surface area (Å²) in [6.45, 7) is 8.68. The van der Waals surface area contributed by atoms with Crippen molar-refractivity contribution in [3.8, 4) is 0 Å². The van der Waals surface area contributed by atoms with E-state index in [2.05, 4.69) is 18.9 Å². The van der Waals surface area contributed by atoms with Crippen LogP contribution >= 0.6 is 0 Å². The van der Waals surface area contributed by atoms with Crippen LogP contribution in [0, 0.1) is 19.8 Å². The van der Waals surface area contributed by atoms with E-state index in [1.54, 1.807) is 24.3 Å². The van der Waals surface area contributed by atoms with Crippen molar-refractivity contribution in [1.82, 2.24) is 9.78 Å². The molecule has 2 rings (SSSR count). The van der Waals surface area contributed by atoms with Crippen LogP contribution in [-0.4, -0.2) is 28.1 Å². The first-order valence-corrected chi connectivity index (χ1v) is 8.15. The van der Waals surface area contributed by atoms with Gasteiger partial charge in [-0.1, -0.05) is 44.2 Å². The lowest BCUT2D eigenvalue weighted by Gasteiger charge is -2.08. The lowest BCUT2D eigenvalue weighted by molar-refractivity contribution is -0.141. The number of carbonyl (C=O) groups excluding carboxylic acids is 2. The summed E-state index contributed by atoms with van der Waals surface area (Å²) in [6.07, 6.45) is 0.137. The maximum atomic E-state index is 12.1. The van der Waals surface area contributed by atoms with Gasteiger partial charge in [0.15, 0.2) is 12.4 Å². The van der Waals surface area contributed by atoms with Gasteiger partial charge in [-0.15, -0.1) is 0 Å². The highest BCUT2D eigenvalue weighted by Gasteiger charge is 2.17. The van der Waals surface area contributed by atoms with Crippen LogP contribution < -0.4 is 0 Å². The molecule has 128 valence electrons. The van der Waals surface area contributed by atoms with Gasteiger partial charge in [-0.2, -0.15) is 5.10 Å². The predicted molar refractivity (Wildman–Crippen MR) is 92.0 cm³/mol. The van der Waals surface area contributed by atoms with Crippen molar-refractivity contribution in [1.29, 1.82) is 0 Å². The minimum atomic E-state index is -0.408. The van der Waals surface area contributed by atoms with Crippen LogP contribution in [0.15, 0.2) is 30.3 Å². The van der Waals surface area contributed by atoms with E-state index >= 15 is 0 Å². The minimum Gasteiger partial charge on any atom is -0.457 e. The fraction of sp³-hybridized carbons (Fsp3) is 0.421. The smallest absolute Gasteiger partial charge is 0.310 e. The molecule has 0 atom stereocenters. The number of benzene rings is 1. The van der Waals surface area contributed by atoms with Crippen LogP contribution in [0.4, 0.5) is 0 Å². The molecular weight excluding hydrogens is 304 g/mol. The molecule has 0 unspecified atom stereocenters. The monoisotopic (exact) mass is 328 g/mol. The standard InChI is InChI=1S/C19H24N2O3/c1-13(2)11-21-15(4)17(14(3)20-21)10-19(23)24-12-18(22)16-8-6-5-7-9-16/h5-9,13H,10-12H2,1-4H3. The average Bonchev–Trinajstić information content (AvgIpc) is 2.80. The Labute approximate surface area is 142 Å². The Morgan fingerprint density at radius 1 is 1.17 bits per heavy atom. The van der Waals surface area contributed by atoms with Crippen molar-refractivity contribution in [3.63, 3.8) is 0 Å². The molecule has 1 heterocycles. The first kappa shape index (κ1) is 17.9. The van der Waals surface area contributed by atoms with Crippen LogP contribution in [0.25, 0.3) is 0 Å². The molecule has 0 fully saturated rings. The quantitative estimate of drug-likeness (QED) is 0.579. The molecule has 0 aliphatic heterocycles. The minimum absolute atomic E-state index is 0.137. The first-order valence-electron chi connectivity index (χ1n) is 8.15. The van der Waals surface area contributed by atoms with Gasteiger partial charge in [-0.3, -0.25) is 14.3 Å². The van der Waals surface area contributed by atoms with E-state index in [-0.39, 0.29) is 18.8 Å². The van der Waals surface area contributed by atoms with Crippen molar-refractivity contribution >= 4 is 11.8 Å². The van der Waals surface area contributed by atoms with Gasteiger partial charge in [0.2, 0.25) is 0 Å². The van der Waals surface area contributed by atoms with Crippen molar-refractivity contribution in [2.45, 2.75) is 40.7 Å². The second kappa shape index (κ2) is 7.90. The third kappa shape index (κ3) is 4.54. The van der Waals surface area contributed by atoms with E-state index in [4.69, 9.17) is 4.74 Å². The maximum Gasteiger partial charge on any atom is 0.310 e. The normalized spacial score (nSPS) is 10.9. The number of Topliss-reactive ketones (excluding diaryl/α,β-unsaturated/α-hetero) is 1. The van der Waals surface area contributed by atoms with Crippen LogP contribution in [-0.2, 0) is 22.5 Å². The number of carbonyl (C=O) groups is 2. The zero-order valence-corrected chi connectivity index (χ0v) is 14.7. The highest BCUT2D eigenvalue weighted by atomic mass is 16.5. The molecule has 5 nitrogen and oxygen atoms in total. The second-order valence-corrected chi connectivity index (χ2v) is 6.35. The highest BCUT2D eigenvalue weighted by Crippen LogP contribution is 2.16. The van der Waals surface area contributed by atoms with Gasteiger partial charge in [-0.25, -0.2) is 0 Å². The number of aryl methyl sites for hydroxylation is 1. The molecule has 0 aliphatic rings. The summed E-state index contributed by atoms with van der Waals surface area (Å²) >= 11 is 0. The maximum absolute atomic E-state index is 12.1. The fourth-order valence-corrected chi connectivity index (χ4v) is 2.56. The summed E-state index contributed by atoms with van der Waals surface area (Å²) in [7, 11) is 0.